The molecule has 1 atom stereocenters. The maximum Gasteiger partial charge on any atom is 0.471 e. The highest BCUT2D eigenvalue weighted by Gasteiger charge is 2.25. The predicted molar refractivity (Wildman–Crippen MR) is 114 cm³/mol. The van der Waals surface area contributed by atoms with Crippen LogP contribution in [0.4, 0.5) is 4.39 Å². The third-order valence-electron chi connectivity index (χ3n) is 4.80. The van der Waals surface area contributed by atoms with Crippen molar-refractivity contribution < 1.29 is 27.8 Å². The first kappa shape index (κ1) is 22.1. The van der Waals surface area contributed by atoms with E-state index in [1.54, 1.807) is 42.7 Å². The molecular formula is C21H20FN4O5P. The van der Waals surface area contributed by atoms with Crippen molar-refractivity contribution in [2.45, 2.75) is 12.6 Å². The number of nitrogens with zero attached hydrogens (tertiary/aromatic N) is 3. The molecule has 0 fully saturated rings. The number of allylic oxidation sites excluding steroid dienone is 2. The third-order valence-corrected chi connectivity index (χ3v) is 5.25. The Kier molecular flexibility index (Phi) is 6.31. The maximum atomic E-state index is 13.1. The van der Waals surface area contributed by atoms with E-state index in [-0.39, 0.29) is 12.5 Å². The molecule has 0 amide bonds. The fourth-order valence-electron chi connectivity index (χ4n) is 3.18. The van der Waals surface area contributed by atoms with Gasteiger partial charge in [-0.3, -0.25) is 9.51 Å². The molecule has 1 aromatic carbocycles. The highest BCUT2D eigenvalue weighted by Crippen LogP contribution is 2.36. The van der Waals surface area contributed by atoms with Crippen LogP contribution < -0.4 is 5.73 Å². The summed E-state index contributed by atoms with van der Waals surface area (Å²) >= 11 is 0. The number of phosphoric ester groups is 1. The number of nitrogens with two attached hydrogens (primary N) is 1. The molecule has 11 heteroatoms. The van der Waals surface area contributed by atoms with Crippen LogP contribution in [0.3, 0.4) is 0 Å². The Hall–Kier alpha value is -3.14. The first-order valence-corrected chi connectivity index (χ1v) is 11.1. The number of hydrogen-bond acceptors (Lipinski definition) is 7. The minimum atomic E-state index is -4.62. The summed E-state index contributed by atoms with van der Waals surface area (Å²) in [7, 11) is -4.62. The van der Waals surface area contributed by atoms with Gasteiger partial charge in [0.15, 0.2) is 5.76 Å². The molecule has 32 heavy (non-hydrogen) atoms. The number of phosphoric acid groups is 1. The van der Waals surface area contributed by atoms with Gasteiger partial charge in [0.1, 0.15) is 18.7 Å². The normalized spacial score (nSPS) is 16.3. The minimum Gasteiger partial charge on any atom is -0.356 e. The highest BCUT2D eigenvalue weighted by molar-refractivity contribution is 7.46. The van der Waals surface area contributed by atoms with E-state index >= 15 is 0 Å². The Morgan fingerprint density at radius 2 is 2.00 bits per heavy atom. The zero-order chi connectivity index (χ0) is 22.7. The Labute approximate surface area is 182 Å². The molecule has 166 valence electrons. The van der Waals surface area contributed by atoms with E-state index in [1.807, 2.05) is 12.1 Å². The first-order valence-electron chi connectivity index (χ1n) is 9.55. The second-order valence-electron chi connectivity index (χ2n) is 7.09. The summed E-state index contributed by atoms with van der Waals surface area (Å²) in [6.45, 7) is -0.383. The smallest absolute Gasteiger partial charge is 0.356 e. The van der Waals surface area contributed by atoms with Crippen LogP contribution in [0, 0.1) is 5.82 Å². The lowest BCUT2D eigenvalue weighted by Gasteiger charge is -2.30. The van der Waals surface area contributed by atoms with Gasteiger partial charge in [-0.1, -0.05) is 17.3 Å². The van der Waals surface area contributed by atoms with Crippen LogP contribution in [-0.2, 0) is 15.5 Å². The first-order chi connectivity index (χ1) is 15.3. The highest BCUT2D eigenvalue weighted by atomic mass is 31.2. The number of benzene rings is 1. The molecule has 0 spiro atoms. The van der Waals surface area contributed by atoms with Gasteiger partial charge in [-0.05, 0) is 42.0 Å². The van der Waals surface area contributed by atoms with Crippen LogP contribution in [0.25, 0.3) is 16.8 Å². The quantitative estimate of drug-likeness (QED) is 0.457. The molecule has 1 aliphatic heterocycles. The second-order valence-corrected chi connectivity index (χ2v) is 8.33. The van der Waals surface area contributed by atoms with E-state index in [2.05, 4.69) is 14.7 Å². The van der Waals surface area contributed by atoms with Gasteiger partial charge < -0.3 is 24.9 Å². The fourth-order valence-corrected chi connectivity index (χ4v) is 3.46. The van der Waals surface area contributed by atoms with Crippen molar-refractivity contribution in [2.75, 3.05) is 6.73 Å². The SMILES string of the molecule is NC1C(c2cc(Cc3ccc(-c4ccc(F)cc4)nc3)no2)=CC=CN1COP(=O)(O)O. The van der Waals surface area contributed by atoms with E-state index in [0.717, 1.165) is 16.8 Å². The second kappa shape index (κ2) is 9.15. The third kappa shape index (κ3) is 5.37. The summed E-state index contributed by atoms with van der Waals surface area (Å²) in [6, 6.07) is 11.6. The molecular weight excluding hydrogens is 438 g/mol. The Balaban J connectivity index is 1.42. The van der Waals surface area contributed by atoms with Crippen molar-refractivity contribution in [3.05, 3.63) is 89.8 Å². The topological polar surface area (TPSA) is 135 Å². The van der Waals surface area contributed by atoms with Crippen molar-refractivity contribution in [3.8, 4) is 11.3 Å². The fraction of sp³-hybridized carbons (Fsp3) is 0.143. The molecule has 0 aliphatic carbocycles. The van der Waals surface area contributed by atoms with Crippen molar-refractivity contribution in [1.82, 2.24) is 15.0 Å². The molecule has 0 saturated carbocycles. The lowest BCUT2D eigenvalue weighted by atomic mass is 10.1. The largest absolute Gasteiger partial charge is 0.471 e. The molecule has 4 N–H and O–H groups in total. The van der Waals surface area contributed by atoms with Gasteiger partial charge in [0.2, 0.25) is 0 Å². The lowest BCUT2D eigenvalue weighted by molar-refractivity contribution is 0.110. The van der Waals surface area contributed by atoms with Crippen molar-refractivity contribution in [1.29, 1.82) is 0 Å². The van der Waals surface area contributed by atoms with Crippen LogP contribution >= 0.6 is 7.82 Å². The molecule has 3 aromatic rings. The van der Waals surface area contributed by atoms with E-state index in [0.29, 0.717) is 23.4 Å². The monoisotopic (exact) mass is 458 g/mol. The average molecular weight is 458 g/mol. The van der Waals surface area contributed by atoms with Crippen molar-refractivity contribution in [3.63, 3.8) is 0 Å². The van der Waals surface area contributed by atoms with E-state index < -0.39 is 14.0 Å². The number of hydrogen-bond donors (Lipinski definition) is 3. The van der Waals surface area contributed by atoms with Crippen LogP contribution in [0.1, 0.15) is 17.0 Å². The zero-order valence-corrected chi connectivity index (χ0v) is 17.6. The summed E-state index contributed by atoms with van der Waals surface area (Å²) in [5.41, 5.74) is 9.90. The Morgan fingerprint density at radius 1 is 1.22 bits per heavy atom. The molecule has 0 radical (unpaired) electrons. The number of aromatic nitrogens is 2. The average Bonchev–Trinajstić information content (AvgIpc) is 3.22. The number of pyridine rings is 1. The zero-order valence-electron chi connectivity index (χ0n) is 16.7. The summed E-state index contributed by atoms with van der Waals surface area (Å²) in [5.74, 6) is 0.141. The lowest BCUT2D eigenvalue weighted by Crippen LogP contribution is -2.41. The maximum absolute atomic E-state index is 13.1. The molecule has 1 unspecified atom stereocenters. The molecule has 2 aromatic heterocycles. The minimum absolute atomic E-state index is 0.298. The number of rotatable bonds is 7. The van der Waals surface area contributed by atoms with Crippen LogP contribution in [0.2, 0.25) is 0 Å². The Bertz CT molecular complexity index is 1190. The van der Waals surface area contributed by atoms with E-state index in [9.17, 15) is 8.96 Å². The summed E-state index contributed by atoms with van der Waals surface area (Å²) < 4.78 is 34.0. The van der Waals surface area contributed by atoms with Crippen LogP contribution in [-0.4, -0.2) is 37.7 Å². The van der Waals surface area contributed by atoms with Gasteiger partial charge in [0, 0.05) is 36.0 Å². The summed E-state index contributed by atoms with van der Waals surface area (Å²) in [6.07, 6.45) is 6.44. The van der Waals surface area contributed by atoms with E-state index in [1.165, 1.54) is 17.0 Å². The standard InChI is InChI=1S/C21H20FN4O5P/c22-16-6-4-15(5-7-16)19-8-3-14(12-24-19)10-17-11-20(31-25-17)18-2-1-9-26(21(18)23)13-30-32(27,28)29/h1-9,11-12,21H,10,13,23H2,(H2,27,28,29). The van der Waals surface area contributed by atoms with Gasteiger partial charge >= 0.3 is 7.82 Å². The van der Waals surface area contributed by atoms with Gasteiger partial charge in [-0.2, -0.15) is 0 Å². The van der Waals surface area contributed by atoms with Crippen LogP contribution in [0.5, 0.6) is 0 Å². The summed E-state index contributed by atoms with van der Waals surface area (Å²) in [5, 5.41) is 4.08. The number of halogens is 1. The molecule has 0 bridgehead atoms. The van der Waals surface area contributed by atoms with Crippen molar-refractivity contribution >= 4 is 13.4 Å². The van der Waals surface area contributed by atoms with Gasteiger partial charge in [0.25, 0.3) is 0 Å². The predicted octanol–water partition coefficient (Wildman–Crippen LogP) is 3.03. The molecule has 3 heterocycles. The molecule has 0 saturated heterocycles. The summed E-state index contributed by atoms with van der Waals surface area (Å²) in [4.78, 5) is 23.6. The molecule has 1 aliphatic rings. The molecule has 4 rings (SSSR count). The van der Waals surface area contributed by atoms with Gasteiger partial charge in [-0.15, -0.1) is 0 Å². The van der Waals surface area contributed by atoms with Crippen molar-refractivity contribution in [2.24, 2.45) is 5.73 Å². The van der Waals surface area contributed by atoms with E-state index in [4.69, 9.17) is 20.0 Å². The molecule has 9 nitrogen and oxygen atoms in total. The van der Waals surface area contributed by atoms with Gasteiger partial charge in [-0.25, -0.2) is 8.96 Å². The van der Waals surface area contributed by atoms with Crippen LogP contribution in [0.15, 0.2) is 71.5 Å². The Morgan fingerprint density at radius 3 is 2.69 bits per heavy atom. The van der Waals surface area contributed by atoms with Gasteiger partial charge in [0.05, 0.1) is 11.4 Å².